The molecule has 0 unspecified atom stereocenters. The van der Waals surface area contributed by atoms with Crippen molar-refractivity contribution in [1.29, 1.82) is 0 Å². The normalized spacial score (nSPS) is 10.8. The number of hydrogen-bond acceptors (Lipinski definition) is 4. The highest BCUT2D eigenvalue weighted by Gasteiger charge is 2.16. The average molecular weight is 402 g/mol. The second-order valence-electron chi connectivity index (χ2n) is 6.03. The number of aromatic nitrogens is 2. The van der Waals surface area contributed by atoms with Crippen molar-refractivity contribution < 1.29 is 9.53 Å². The van der Waals surface area contributed by atoms with Crippen LogP contribution in [0.2, 0.25) is 5.02 Å². The lowest BCUT2D eigenvalue weighted by molar-refractivity contribution is -0.116. The van der Waals surface area contributed by atoms with Crippen LogP contribution in [-0.4, -0.2) is 21.6 Å². The van der Waals surface area contributed by atoms with E-state index in [0.29, 0.717) is 34.0 Å². The lowest BCUT2D eigenvalue weighted by Gasteiger charge is -2.15. The zero-order valence-corrected chi connectivity index (χ0v) is 16.3. The van der Waals surface area contributed by atoms with Gasteiger partial charge < -0.3 is 10.1 Å². The van der Waals surface area contributed by atoms with Crippen LogP contribution in [-0.2, 0) is 17.9 Å². The van der Waals surface area contributed by atoms with Crippen LogP contribution in [0.3, 0.4) is 0 Å². The fourth-order valence-electron chi connectivity index (χ4n) is 3.03. The molecule has 1 amide bonds. The van der Waals surface area contributed by atoms with Gasteiger partial charge in [0.2, 0.25) is 5.91 Å². The maximum absolute atomic E-state index is 12.7. The Labute approximate surface area is 166 Å². The predicted octanol–water partition coefficient (Wildman–Crippen LogP) is 2.87. The number of rotatable bonds is 6. The van der Waals surface area contributed by atoms with Crippen molar-refractivity contribution in [3.8, 4) is 5.75 Å². The second-order valence-corrected chi connectivity index (χ2v) is 6.44. The molecule has 1 N–H and O–H groups in total. The van der Waals surface area contributed by atoms with Gasteiger partial charge >= 0.3 is 5.69 Å². The number of hydrogen-bond donors (Lipinski definition) is 1. The van der Waals surface area contributed by atoms with Gasteiger partial charge in [0.05, 0.1) is 28.2 Å². The molecule has 0 aliphatic carbocycles. The van der Waals surface area contributed by atoms with Gasteiger partial charge in [-0.2, -0.15) is 0 Å². The van der Waals surface area contributed by atoms with Crippen molar-refractivity contribution >= 4 is 34.1 Å². The number of nitrogens with zero attached hydrogens (tertiary/aromatic N) is 2. The molecule has 0 fully saturated rings. The molecule has 28 heavy (non-hydrogen) atoms. The molecule has 0 atom stereocenters. The smallest absolute Gasteiger partial charge is 0.331 e. The first-order chi connectivity index (χ1) is 13.5. The van der Waals surface area contributed by atoms with Crippen LogP contribution in [0.4, 0.5) is 5.69 Å². The van der Waals surface area contributed by atoms with Crippen LogP contribution in [0.25, 0.3) is 10.9 Å². The first-order valence-electron chi connectivity index (χ1n) is 8.91. The maximum Gasteiger partial charge on any atom is 0.331 e. The molecule has 3 aromatic rings. The van der Waals surface area contributed by atoms with E-state index in [0.717, 1.165) is 4.57 Å². The highest BCUT2D eigenvalue weighted by molar-refractivity contribution is 6.32. The number of anilines is 1. The maximum atomic E-state index is 12.7. The Morgan fingerprint density at radius 2 is 1.82 bits per heavy atom. The monoisotopic (exact) mass is 401 g/mol. The molecule has 3 rings (SSSR count). The fourth-order valence-corrected chi connectivity index (χ4v) is 3.26. The number of halogens is 1. The number of para-hydroxylation sites is 2. The highest BCUT2D eigenvalue weighted by atomic mass is 35.5. The SMILES string of the molecule is CCOc1c(Cl)cccc1NC(=O)Cn1c(=O)n(CC)c(=O)c2ccccc21. The minimum absolute atomic E-state index is 0.215. The van der Waals surface area contributed by atoms with E-state index in [-0.39, 0.29) is 18.6 Å². The summed E-state index contributed by atoms with van der Waals surface area (Å²) in [5.41, 5.74) is -0.0697. The number of ether oxygens (including phenoxy) is 1. The van der Waals surface area contributed by atoms with Crippen LogP contribution in [0.1, 0.15) is 13.8 Å². The van der Waals surface area contributed by atoms with Gasteiger partial charge in [0.15, 0.2) is 5.75 Å². The summed E-state index contributed by atoms with van der Waals surface area (Å²) in [7, 11) is 0. The quantitative estimate of drug-likeness (QED) is 0.688. The van der Waals surface area contributed by atoms with Crippen LogP contribution in [0.5, 0.6) is 5.75 Å². The molecular formula is C20H20ClN3O4. The van der Waals surface area contributed by atoms with E-state index in [2.05, 4.69) is 5.32 Å². The van der Waals surface area contributed by atoms with E-state index in [1.54, 1.807) is 49.4 Å². The summed E-state index contributed by atoms with van der Waals surface area (Å²) in [6.07, 6.45) is 0. The van der Waals surface area contributed by atoms with Crippen LogP contribution in [0, 0.1) is 0 Å². The molecule has 0 radical (unpaired) electrons. The molecule has 0 saturated heterocycles. The standard InChI is InChI=1S/C20H20ClN3O4/c1-3-23-19(26)13-8-5-6-11-16(13)24(20(23)27)12-17(25)22-15-10-7-9-14(21)18(15)28-4-2/h5-11H,3-4,12H2,1-2H3,(H,22,25). The minimum atomic E-state index is -0.530. The van der Waals surface area contributed by atoms with Gasteiger partial charge in [-0.25, -0.2) is 4.79 Å². The molecular weight excluding hydrogens is 382 g/mol. The Morgan fingerprint density at radius 1 is 1.07 bits per heavy atom. The molecule has 0 spiro atoms. The summed E-state index contributed by atoms with van der Waals surface area (Å²) in [4.78, 5) is 37.9. The Kier molecular flexibility index (Phi) is 5.84. The summed E-state index contributed by atoms with van der Waals surface area (Å²) >= 11 is 6.14. The number of carbonyl (C=O) groups is 1. The Hall–Kier alpha value is -3.06. The van der Waals surface area contributed by atoms with Crippen molar-refractivity contribution in [2.75, 3.05) is 11.9 Å². The van der Waals surface area contributed by atoms with Gasteiger partial charge in [0.25, 0.3) is 5.56 Å². The first kappa shape index (κ1) is 19.7. The summed E-state index contributed by atoms with van der Waals surface area (Å²) < 4.78 is 7.91. The van der Waals surface area contributed by atoms with Gasteiger partial charge in [0.1, 0.15) is 6.54 Å². The van der Waals surface area contributed by atoms with Crippen LogP contribution < -0.4 is 21.3 Å². The third-order valence-electron chi connectivity index (χ3n) is 4.28. The van der Waals surface area contributed by atoms with Gasteiger partial charge in [-0.1, -0.05) is 29.8 Å². The van der Waals surface area contributed by atoms with Gasteiger partial charge in [-0.05, 0) is 38.1 Å². The molecule has 1 heterocycles. The zero-order valence-electron chi connectivity index (χ0n) is 15.6. The number of nitrogens with one attached hydrogen (secondary N) is 1. The largest absolute Gasteiger partial charge is 0.490 e. The van der Waals surface area contributed by atoms with E-state index in [4.69, 9.17) is 16.3 Å². The topological polar surface area (TPSA) is 82.3 Å². The first-order valence-corrected chi connectivity index (χ1v) is 9.29. The Balaban J connectivity index is 2.00. The van der Waals surface area contributed by atoms with Crippen molar-refractivity contribution in [2.24, 2.45) is 0 Å². The molecule has 0 bridgehead atoms. The highest BCUT2D eigenvalue weighted by Crippen LogP contribution is 2.32. The molecule has 8 heteroatoms. The van der Waals surface area contributed by atoms with E-state index in [1.807, 2.05) is 6.92 Å². The van der Waals surface area contributed by atoms with Crippen molar-refractivity contribution in [3.05, 3.63) is 68.3 Å². The van der Waals surface area contributed by atoms with Crippen LogP contribution in [0.15, 0.2) is 52.1 Å². The Bertz CT molecular complexity index is 1150. The predicted molar refractivity (Wildman–Crippen MR) is 109 cm³/mol. The molecule has 7 nitrogen and oxygen atoms in total. The van der Waals surface area contributed by atoms with Crippen molar-refractivity contribution in [1.82, 2.24) is 9.13 Å². The fraction of sp³-hybridized carbons (Fsp3) is 0.250. The lowest BCUT2D eigenvalue weighted by atomic mass is 10.2. The molecule has 0 aliphatic rings. The summed E-state index contributed by atoms with van der Waals surface area (Å²) in [5.74, 6) is -0.0625. The average Bonchev–Trinajstić information content (AvgIpc) is 2.68. The number of carbonyl (C=O) groups excluding carboxylic acids is 1. The molecule has 0 aliphatic heterocycles. The summed E-state index contributed by atoms with van der Waals surface area (Å²) in [6, 6.07) is 11.8. The lowest BCUT2D eigenvalue weighted by Crippen LogP contribution is -2.41. The van der Waals surface area contributed by atoms with Crippen molar-refractivity contribution in [3.63, 3.8) is 0 Å². The second kappa shape index (κ2) is 8.31. The number of fused-ring (bicyclic) bond motifs is 1. The molecule has 2 aromatic carbocycles. The third kappa shape index (κ3) is 3.66. The van der Waals surface area contributed by atoms with E-state index in [1.165, 1.54) is 4.57 Å². The number of benzene rings is 2. The molecule has 0 saturated carbocycles. The third-order valence-corrected chi connectivity index (χ3v) is 4.58. The minimum Gasteiger partial charge on any atom is -0.490 e. The van der Waals surface area contributed by atoms with Crippen LogP contribution >= 0.6 is 11.6 Å². The molecule has 146 valence electrons. The zero-order chi connectivity index (χ0) is 20.3. The van der Waals surface area contributed by atoms with Gasteiger partial charge in [-0.15, -0.1) is 0 Å². The van der Waals surface area contributed by atoms with Gasteiger partial charge in [-0.3, -0.25) is 18.7 Å². The van der Waals surface area contributed by atoms with E-state index < -0.39 is 11.6 Å². The Morgan fingerprint density at radius 3 is 2.54 bits per heavy atom. The molecule has 1 aromatic heterocycles. The summed E-state index contributed by atoms with van der Waals surface area (Å²) in [5, 5.41) is 3.49. The van der Waals surface area contributed by atoms with E-state index >= 15 is 0 Å². The van der Waals surface area contributed by atoms with Crippen molar-refractivity contribution in [2.45, 2.75) is 26.9 Å². The number of amides is 1. The van der Waals surface area contributed by atoms with E-state index in [9.17, 15) is 14.4 Å². The summed E-state index contributed by atoms with van der Waals surface area (Å²) in [6.45, 7) is 3.87. The van der Waals surface area contributed by atoms with Gasteiger partial charge in [0, 0.05) is 6.54 Å².